The third kappa shape index (κ3) is 8.32. The van der Waals surface area contributed by atoms with E-state index in [4.69, 9.17) is 4.74 Å². The Balaban J connectivity index is 1.66. The van der Waals surface area contributed by atoms with Gasteiger partial charge < -0.3 is 25.2 Å². The van der Waals surface area contributed by atoms with Crippen LogP contribution in [0.1, 0.15) is 68.3 Å². The molecule has 0 fully saturated rings. The lowest BCUT2D eigenvalue weighted by Gasteiger charge is -2.37. The van der Waals surface area contributed by atoms with Gasteiger partial charge in [0, 0.05) is 30.3 Å². The van der Waals surface area contributed by atoms with Crippen LogP contribution in [0.5, 0.6) is 11.5 Å². The lowest BCUT2D eigenvalue weighted by Crippen LogP contribution is -2.38. The fourth-order valence-corrected chi connectivity index (χ4v) is 8.55. The molecule has 3 aromatic rings. The van der Waals surface area contributed by atoms with Crippen LogP contribution in [-0.4, -0.2) is 55.7 Å². The van der Waals surface area contributed by atoms with Crippen LogP contribution in [0, 0.1) is 5.41 Å². The number of fused-ring (bicyclic) bond motifs is 1. The van der Waals surface area contributed by atoms with Crippen molar-refractivity contribution in [2.24, 2.45) is 5.41 Å². The highest BCUT2D eigenvalue weighted by Gasteiger charge is 2.42. The van der Waals surface area contributed by atoms with Crippen molar-refractivity contribution in [1.82, 2.24) is 5.32 Å². The van der Waals surface area contributed by atoms with Crippen LogP contribution >= 0.6 is 11.8 Å². The Labute approximate surface area is 269 Å². The summed E-state index contributed by atoms with van der Waals surface area (Å²) in [6.45, 7) is 4.36. The first kappa shape index (κ1) is 34.2. The first-order valence-electron chi connectivity index (χ1n) is 15.2. The number of carbonyl (C=O) groups is 2. The third-order valence-electron chi connectivity index (χ3n) is 8.21. The van der Waals surface area contributed by atoms with E-state index in [1.165, 1.54) is 23.9 Å². The normalized spacial score (nSPS) is 15.1. The number of aromatic hydroxyl groups is 1. The van der Waals surface area contributed by atoms with E-state index in [1.54, 1.807) is 6.07 Å². The Morgan fingerprint density at radius 3 is 2.33 bits per heavy atom. The molecule has 9 nitrogen and oxygen atoms in total. The monoisotopic (exact) mass is 654 g/mol. The van der Waals surface area contributed by atoms with Crippen molar-refractivity contribution in [2.75, 3.05) is 30.1 Å². The van der Waals surface area contributed by atoms with Crippen LogP contribution in [0.25, 0.3) is 0 Å². The largest absolute Gasteiger partial charge is 0.508 e. The zero-order chi connectivity index (χ0) is 32.6. The minimum absolute atomic E-state index is 0.0351. The molecule has 3 aromatic carbocycles. The number of phenolic OH excluding ortho intramolecular Hbond substituents is 1. The van der Waals surface area contributed by atoms with E-state index in [1.807, 2.05) is 42.7 Å². The molecule has 0 aromatic heterocycles. The number of hydrogen-bond acceptors (Lipinski definition) is 8. The topological polar surface area (TPSA) is 133 Å². The summed E-state index contributed by atoms with van der Waals surface area (Å²) in [7, 11) is -3.74. The quantitative estimate of drug-likeness (QED) is 0.161. The fraction of sp³-hybridized carbons (Fsp3) is 0.412. The van der Waals surface area contributed by atoms with Gasteiger partial charge in [0.25, 0.3) is 5.91 Å². The van der Waals surface area contributed by atoms with Crippen LogP contribution in [0.2, 0.25) is 0 Å². The predicted molar refractivity (Wildman–Crippen MR) is 178 cm³/mol. The van der Waals surface area contributed by atoms with Gasteiger partial charge in [-0.1, -0.05) is 63.8 Å². The Morgan fingerprint density at radius 2 is 1.71 bits per heavy atom. The lowest BCUT2D eigenvalue weighted by atomic mass is 9.79. The number of thioether (sulfide) groups is 1. The second kappa shape index (κ2) is 15.1. The Hall–Kier alpha value is -3.70. The molecule has 1 aliphatic heterocycles. The molecular formula is C34H42N2O7S2. The number of nitrogens with zero attached hydrogens (tertiary/aromatic N) is 1. The van der Waals surface area contributed by atoms with E-state index in [9.17, 15) is 28.2 Å². The average molecular weight is 655 g/mol. The number of carbonyl (C=O) groups excluding carboxylic acids is 1. The number of carboxylic acid groups (broad SMARTS) is 1. The van der Waals surface area contributed by atoms with E-state index in [2.05, 4.69) is 24.1 Å². The molecule has 0 atom stereocenters. The SMILES string of the molecule is CCCCC1(CCCC)CN(c2ccccc2)c2cc(SC)c(OCC(=O)NCc3ccc(O)cc3C(=O)O)cc2S(=O)(=O)C1. The van der Waals surface area contributed by atoms with Crippen molar-refractivity contribution in [3.05, 3.63) is 71.8 Å². The Bertz CT molecular complexity index is 1600. The summed E-state index contributed by atoms with van der Waals surface area (Å²) < 4.78 is 34.4. The van der Waals surface area contributed by atoms with E-state index in [0.29, 0.717) is 28.4 Å². The van der Waals surface area contributed by atoms with Crippen LogP contribution < -0.4 is 15.0 Å². The summed E-state index contributed by atoms with van der Waals surface area (Å²) in [5, 5.41) is 21.7. The molecule has 242 valence electrons. The smallest absolute Gasteiger partial charge is 0.336 e. The van der Waals surface area contributed by atoms with Crippen LogP contribution in [-0.2, 0) is 21.2 Å². The number of phenols is 1. The number of anilines is 2. The van der Waals surface area contributed by atoms with Crippen molar-refractivity contribution in [3.8, 4) is 11.5 Å². The average Bonchev–Trinajstić information content (AvgIpc) is 3.12. The van der Waals surface area contributed by atoms with Gasteiger partial charge in [-0.15, -0.1) is 11.8 Å². The molecule has 0 saturated carbocycles. The molecule has 0 saturated heterocycles. The number of hydrogen-bond donors (Lipinski definition) is 3. The minimum atomic E-state index is -3.74. The van der Waals surface area contributed by atoms with Crippen molar-refractivity contribution in [1.29, 1.82) is 0 Å². The van der Waals surface area contributed by atoms with Crippen LogP contribution in [0.15, 0.2) is 70.5 Å². The number of aromatic carboxylic acids is 1. The van der Waals surface area contributed by atoms with Gasteiger partial charge in [-0.05, 0) is 55.0 Å². The first-order chi connectivity index (χ1) is 21.5. The molecule has 0 unspecified atom stereocenters. The van der Waals surface area contributed by atoms with Gasteiger partial charge in [0.15, 0.2) is 16.4 Å². The standard InChI is InChI=1S/C34H42N2O7S2/c1-4-6-15-34(16-7-5-2)22-36(25-11-9-8-10-12-25)28-18-30(44-3)29(19-31(28)45(41,42)23-34)43-21-32(38)35-20-24-13-14-26(37)17-27(24)33(39)40/h8-14,17-19,37H,4-7,15-16,20-23H2,1-3H3,(H,35,38)(H,39,40). The summed E-state index contributed by atoms with van der Waals surface area (Å²) in [5.41, 5.74) is 1.30. The summed E-state index contributed by atoms with van der Waals surface area (Å²) in [5.74, 6) is -1.59. The maximum Gasteiger partial charge on any atom is 0.336 e. The molecular weight excluding hydrogens is 613 g/mol. The second-order valence-corrected chi connectivity index (χ2v) is 14.4. The number of benzene rings is 3. The van der Waals surface area contributed by atoms with Gasteiger partial charge in [0.1, 0.15) is 11.5 Å². The lowest BCUT2D eigenvalue weighted by molar-refractivity contribution is -0.123. The van der Waals surface area contributed by atoms with Gasteiger partial charge in [-0.25, -0.2) is 13.2 Å². The van der Waals surface area contributed by atoms with E-state index in [0.717, 1.165) is 50.3 Å². The summed E-state index contributed by atoms with van der Waals surface area (Å²) in [6.07, 6.45) is 7.33. The van der Waals surface area contributed by atoms with E-state index >= 15 is 0 Å². The number of unbranched alkanes of at least 4 members (excludes halogenated alkanes) is 2. The molecule has 1 aliphatic rings. The third-order valence-corrected chi connectivity index (χ3v) is 11.0. The maximum absolute atomic E-state index is 14.2. The maximum atomic E-state index is 14.2. The van der Waals surface area contributed by atoms with Crippen molar-refractivity contribution < 1.29 is 33.0 Å². The van der Waals surface area contributed by atoms with Gasteiger partial charge >= 0.3 is 5.97 Å². The second-order valence-electron chi connectivity index (χ2n) is 11.6. The van der Waals surface area contributed by atoms with Crippen LogP contribution in [0.3, 0.4) is 0 Å². The molecule has 3 N–H and O–H groups in total. The molecule has 4 rings (SSSR count). The molecule has 1 amide bonds. The highest BCUT2D eigenvalue weighted by molar-refractivity contribution is 7.98. The van der Waals surface area contributed by atoms with E-state index in [-0.39, 0.29) is 28.5 Å². The van der Waals surface area contributed by atoms with Crippen molar-refractivity contribution >= 4 is 44.9 Å². The van der Waals surface area contributed by atoms with Gasteiger partial charge in [-0.2, -0.15) is 0 Å². The molecule has 1 heterocycles. The van der Waals surface area contributed by atoms with Gasteiger partial charge in [-0.3, -0.25) is 4.79 Å². The van der Waals surface area contributed by atoms with Gasteiger partial charge in [0.05, 0.1) is 26.8 Å². The number of ether oxygens (including phenoxy) is 1. The summed E-state index contributed by atoms with van der Waals surface area (Å²) in [4.78, 5) is 27.3. The number of amides is 1. The molecule has 45 heavy (non-hydrogen) atoms. The molecule has 0 radical (unpaired) electrons. The zero-order valence-corrected chi connectivity index (χ0v) is 27.7. The first-order valence-corrected chi connectivity index (χ1v) is 18.1. The molecule has 0 bridgehead atoms. The predicted octanol–water partition coefficient (Wildman–Crippen LogP) is 6.80. The Morgan fingerprint density at radius 1 is 1.02 bits per heavy atom. The number of carboxylic acids is 1. The number of rotatable bonds is 14. The number of nitrogens with one attached hydrogen (secondary N) is 1. The molecule has 0 aliphatic carbocycles. The number of sulfone groups is 1. The number of para-hydroxylation sites is 1. The van der Waals surface area contributed by atoms with Crippen molar-refractivity contribution in [3.63, 3.8) is 0 Å². The minimum Gasteiger partial charge on any atom is -0.508 e. The molecule has 0 spiro atoms. The zero-order valence-electron chi connectivity index (χ0n) is 26.0. The summed E-state index contributed by atoms with van der Waals surface area (Å²) in [6, 6.07) is 17.2. The molecule has 11 heteroatoms. The Kier molecular flexibility index (Phi) is 11.4. The van der Waals surface area contributed by atoms with Gasteiger partial charge in [0.2, 0.25) is 0 Å². The highest BCUT2D eigenvalue weighted by atomic mass is 32.2. The van der Waals surface area contributed by atoms with E-state index < -0.39 is 33.7 Å². The summed E-state index contributed by atoms with van der Waals surface area (Å²) >= 11 is 1.40. The van der Waals surface area contributed by atoms with Crippen molar-refractivity contribution in [2.45, 2.75) is 68.7 Å². The fourth-order valence-electron chi connectivity index (χ4n) is 5.89. The highest BCUT2D eigenvalue weighted by Crippen LogP contribution is 2.47. The van der Waals surface area contributed by atoms with Crippen LogP contribution in [0.4, 0.5) is 11.4 Å².